The van der Waals surface area contributed by atoms with Gasteiger partial charge in [-0.05, 0) is 36.5 Å². The summed E-state index contributed by atoms with van der Waals surface area (Å²) in [7, 11) is 1.67. The van der Waals surface area contributed by atoms with Crippen LogP contribution in [0.4, 0.5) is 0 Å². The fourth-order valence-corrected chi connectivity index (χ4v) is 2.44. The summed E-state index contributed by atoms with van der Waals surface area (Å²) < 4.78 is 5.33. The first kappa shape index (κ1) is 13.4. The molecule has 1 aromatic rings. The van der Waals surface area contributed by atoms with Gasteiger partial charge in [0.2, 0.25) is 0 Å². The van der Waals surface area contributed by atoms with Crippen molar-refractivity contribution in [3.63, 3.8) is 0 Å². The average molecular weight is 249 g/mol. The predicted molar refractivity (Wildman–Crippen MR) is 72.9 cm³/mol. The SMILES string of the molecule is COc1cc(C(CN)C(O)CC2CC2)ccc1C. The van der Waals surface area contributed by atoms with Crippen LogP contribution >= 0.6 is 0 Å². The zero-order valence-corrected chi connectivity index (χ0v) is 11.2. The standard InChI is InChI=1S/C15H23NO2/c1-10-3-6-12(8-15(10)18-2)13(9-16)14(17)7-11-4-5-11/h3,6,8,11,13-14,17H,4-5,7,9,16H2,1-2H3. The maximum Gasteiger partial charge on any atom is 0.122 e. The molecular weight excluding hydrogens is 226 g/mol. The normalized spacial score (nSPS) is 18.4. The number of aliphatic hydroxyl groups is 1. The predicted octanol–water partition coefficient (Wildman–Crippen LogP) is 2.21. The number of ether oxygens (including phenoxy) is 1. The van der Waals surface area contributed by atoms with Crippen LogP contribution in [0, 0.1) is 12.8 Å². The molecule has 1 saturated carbocycles. The lowest BCUT2D eigenvalue weighted by Crippen LogP contribution is -2.26. The summed E-state index contributed by atoms with van der Waals surface area (Å²) in [4.78, 5) is 0. The molecule has 0 bridgehead atoms. The van der Waals surface area contributed by atoms with E-state index in [1.54, 1.807) is 7.11 Å². The van der Waals surface area contributed by atoms with Gasteiger partial charge in [0.15, 0.2) is 0 Å². The Kier molecular flexibility index (Phi) is 4.25. The number of nitrogens with two attached hydrogens (primary N) is 1. The summed E-state index contributed by atoms with van der Waals surface area (Å²) in [5, 5.41) is 10.3. The second-order valence-corrected chi connectivity index (χ2v) is 5.32. The van der Waals surface area contributed by atoms with Crippen LogP contribution in [0.2, 0.25) is 0 Å². The largest absolute Gasteiger partial charge is 0.496 e. The molecule has 0 amide bonds. The number of hydrogen-bond donors (Lipinski definition) is 2. The Balaban J connectivity index is 2.14. The van der Waals surface area contributed by atoms with Crippen molar-refractivity contribution < 1.29 is 9.84 Å². The van der Waals surface area contributed by atoms with Crippen molar-refractivity contribution >= 4 is 0 Å². The van der Waals surface area contributed by atoms with Crippen LogP contribution < -0.4 is 10.5 Å². The molecule has 0 spiro atoms. The van der Waals surface area contributed by atoms with E-state index in [2.05, 4.69) is 0 Å². The van der Waals surface area contributed by atoms with Crippen LogP contribution in [-0.2, 0) is 0 Å². The van der Waals surface area contributed by atoms with Gasteiger partial charge >= 0.3 is 0 Å². The minimum Gasteiger partial charge on any atom is -0.496 e. The third kappa shape index (κ3) is 3.03. The summed E-state index contributed by atoms with van der Waals surface area (Å²) in [6.45, 7) is 2.49. The molecule has 2 rings (SSSR count). The van der Waals surface area contributed by atoms with E-state index in [9.17, 15) is 5.11 Å². The zero-order chi connectivity index (χ0) is 13.1. The number of methoxy groups -OCH3 is 1. The molecule has 3 N–H and O–H groups in total. The van der Waals surface area contributed by atoms with Gasteiger partial charge in [-0.2, -0.15) is 0 Å². The van der Waals surface area contributed by atoms with Gasteiger partial charge in [0.05, 0.1) is 13.2 Å². The van der Waals surface area contributed by atoms with Gasteiger partial charge in [-0.3, -0.25) is 0 Å². The fraction of sp³-hybridized carbons (Fsp3) is 0.600. The van der Waals surface area contributed by atoms with Crippen LogP contribution in [0.15, 0.2) is 18.2 Å². The number of rotatable bonds is 6. The van der Waals surface area contributed by atoms with Crippen molar-refractivity contribution in [1.29, 1.82) is 0 Å². The summed E-state index contributed by atoms with van der Waals surface area (Å²) in [6, 6.07) is 6.08. The Morgan fingerprint density at radius 3 is 2.72 bits per heavy atom. The number of aliphatic hydroxyl groups excluding tert-OH is 1. The van der Waals surface area contributed by atoms with Gasteiger partial charge in [0.1, 0.15) is 5.75 Å². The first-order valence-corrected chi connectivity index (χ1v) is 6.68. The zero-order valence-electron chi connectivity index (χ0n) is 11.2. The molecule has 2 atom stereocenters. The Morgan fingerprint density at radius 2 is 2.17 bits per heavy atom. The van der Waals surface area contributed by atoms with E-state index in [0.29, 0.717) is 12.5 Å². The quantitative estimate of drug-likeness (QED) is 0.812. The van der Waals surface area contributed by atoms with Gasteiger partial charge in [-0.1, -0.05) is 25.0 Å². The smallest absolute Gasteiger partial charge is 0.122 e. The molecule has 18 heavy (non-hydrogen) atoms. The molecule has 0 aliphatic heterocycles. The van der Waals surface area contributed by atoms with E-state index < -0.39 is 0 Å². The van der Waals surface area contributed by atoms with Crippen LogP contribution in [0.3, 0.4) is 0 Å². The summed E-state index contributed by atoms with van der Waals surface area (Å²) >= 11 is 0. The highest BCUT2D eigenvalue weighted by atomic mass is 16.5. The maximum absolute atomic E-state index is 10.3. The second-order valence-electron chi connectivity index (χ2n) is 5.32. The Morgan fingerprint density at radius 1 is 1.44 bits per heavy atom. The van der Waals surface area contributed by atoms with E-state index in [-0.39, 0.29) is 12.0 Å². The molecule has 3 nitrogen and oxygen atoms in total. The lowest BCUT2D eigenvalue weighted by atomic mass is 9.89. The van der Waals surface area contributed by atoms with E-state index in [1.165, 1.54) is 12.8 Å². The molecule has 0 radical (unpaired) electrons. The summed E-state index contributed by atoms with van der Waals surface area (Å²) in [5.74, 6) is 1.59. The lowest BCUT2D eigenvalue weighted by molar-refractivity contribution is 0.129. The van der Waals surface area contributed by atoms with Crippen molar-refractivity contribution in [2.24, 2.45) is 11.7 Å². The van der Waals surface area contributed by atoms with E-state index in [1.807, 2.05) is 25.1 Å². The lowest BCUT2D eigenvalue weighted by Gasteiger charge is -2.22. The fourth-order valence-electron chi connectivity index (χ4n) is 2.44. The van der Waals surface area contributed by atoms with Crippen molar-refractivity contribution in [2.45, 2.75) is 38.2 Å². The van der Waals surface area contributed by atoms with Crippen molar-refractivity contribution in [2.75, 3.05) is 13.7 Å². The number of aryl methyl sites for hydroxylation is 1. The molecule has 100 valence electrons. The first-order valence-electron chi connectivity index (χ1n) is 6.68. The third-order valence-electron chi connectivity index (χ3n) is 3.85. The summed E-state index contributed by atoms with van der Waals surface area (Å²) in [6.07, 6.45) is 3.05. The maximum atomic E-state index is 10.3. The molecule has 2 unspecified atom stereocenters. The highest BCUT2D eigenvalue weighted by Gasteiger charge is 2.29. The molecule has 1 aliphatic rings. The van der Waals surface area contributed by atoms with Gasteiger partial charge in [-0.15, -0.1) is 0 Å². The van der Waals surface area contributed by atoms with E-state index in [4.69, 9.17) is 10.5 Å². The molecule has 1 aromatic carbocycles. The number of benzene rings is 1. The Labute approximate surface area is 109 Å². The van der Waals surface area contributed by atoms with Gasteiger partial charge < -0.3 is 15.6 Å². The van der Waals surface area contributed by atoms with Crippen molar-refractivity contribution in [1.82, 2.24) is 0 Å². The Bertz CT molecular complexity index is 401. The van der Waals surface area contributed by atoms with Crippen LogP contribution in [0.25, 0.3) is 0 Å². The molecule has 1 aliphatic carbocycles. The highest BCUT2D eigenvalue weighted by Crippen LogP contribution is 2.37. The first-order chi connectivity index (χ1) is 8.65. The van der Waals surface area contributed by atoms with Crippen LogP contribution in [0.1, 0.15) is 36.3 Å². The molecule has 0 saturated heterocycles. The van der Waals surface area contributed by atoms with Gasteiger partial charge in [0.25, 0.3) is 0 Å². The Hall–Kier alpha value is -1.06. The molecular formula is C15H23NO2. The highest BCUT2D eigenvalue weighted by molar-refractivity contribution is 5.38. The molecule has 0 heterocycles. The third-order valence-corrected chi connectivity index (χ3v) is 3.85. The van der Waals surface area contributed by atoms with Crippen LogP contribution in [-0.4, -0.2) is 24.9 Å². The summed E-state index contributed by atoms with van der Waals surface area (Å²) in [5.41, 5.74) is 8.01. The minimum absolute atomic E-state index is 0.0140. The topological polar surface area (TPSA) is 55.5 Å². The van der Waals surface area contributed by atoms with E-state index >= 15 is 0 Å². The molecule has 1 fully saturated rings. The number of hydrogen-bond acceptors (Lipinski definition) is 3. The molecule has 3 heteroatoms. The minimum atomic E-state index is -0.338. The monoisotopic (exact) mass is 249 g/mol. The molecule has 0 aromatic heterocycles. The van der Waals surface area contributed by atoms with E-state index in [0.717, 1.165) is 23.3 Å². The van der Waals surface area contributed by atoms with Crippen molar-refractivity contribution in [3.8, 4) is 5.75 Å². The average Bonchev–Trinajstić information content (AvgIpc) is 3.16. The second kappa shape index (κ2) is 5.72. The van der Waals surface area contributed by atoms with Gasteiger partial charge in [-0.25, -0.2) is 0 Å². The van der Waals surface area contributed by atoms with Gasteiger partial charge in [0, 0.05) is 12.5 Å². The van der Waals surface area contributed by atoms with Crippen molar-refractivity contribution in [3.05, 3.63) is 29.3 Å². The van der Waals surface area contributed by atoms with Crippen LogP contribution in [0.5, 0.6) is 5.75 Å².